The van der Waals surface area contributed by atoms with Crippen molar-refractivity contribution < 1.29 is 14.3 Å². The number of rotatable bonds is 13. The van der Waals surface area contributed by atoms with Crippen LogP contribution in [0.15, 0.2) is 12.2 Å². The van der Waals surface area contributed by atoms with Crippen LogP contribution in [0.5, 0.6) is 0 Å². The molecular weight excluding hydrogens is 364 g/mol. The molecule has 0 heterocycles. The zero-order valence-corrected chi connectivity index (χ0v) is 17.9. The van der Waals surface area contributed by atoms with E-state index in [4.69, 9.17) is 9.47 Å². The van der Waals surface area contributed by atoms with Gasteiger partial charge < -0.3 is 20.1 Å². The van der Waals surface area contributed by atoms with Gasteiger partial charge in [-0.1, -0.05) is 54.5 Å². The molecule has 0 spiro atoms. The molecule has 0 saturated heterocycles. The molecule has 0 aliphatic heterocycles. The van der Waals surface area contributed by atoms with Gasteiger partial charge in [-0.25, -0.2) is 4.79 Å². The lowest BCUT2D eigenvalue weighted by Gasteiger charge is -2.24. The van der Waals surface area contributed by atoms with Crippen molar-refractivity contribution in [2.24, 2.45) is 0 Å². The molecule has 0 fully saturated rings. The highest BCUT2D eigenvalue weighted by atomic mass is 33.1. The Bertz CT molecular complexity index is 364. The Morgan fingerprint density at radius 1 is 1.29 bits per heavy atom. The zero-order valence-electron chi connectivity index (χ0n) is 15.3. The fourth-order valence-electron chi connectivity index (χ4n) is 1.41. The number of thiol groups is 1. The number of carbonyl (C=O) groups is 1. The predicted octanol–water partition coefficient (Wildman–Crippen LogP) is 3.72. The van der Waals surface area contributed by atoms with Crippen LogP contribution in [0.25, 0.3) is 0 Å². The second kappa shape index (κ2) is 14.2. The Morgan fingerprint density at radius 3 is 2.62 bits per heavy atom. The monoisotopic (exact) mass is 396 g/mol. The van der Waals surface area contributed by atoms with Crippen LogP contribution < -0.4 is 10.6 Å². The summed E-state index contributed by atoms with van der Waals surface area (Å²) in [5.74, 6) is 0.573. The quantitative estimate of drug-likeness (QED) is 0.145. The summed E-state index contributed by atoms with van der Waals surface area (Å²) in [7, 11) is 3.47. The second-order valence-electron chi connectivity index (χ2n) is 6.21. The summed E-state index contributed by atoms with van der Waals surface area (Å²) < 4.78 is 10.6. The topological polar surface area (TPSA) is 59.6 Å². The molecule has 0 bridgehead atoms. The Hall–Kier alpha value is -0.0200. The molecule has 0 aromatic rings. The fourth-order valence-corrected chi connectivity index (χ4v) is 3.71. The van der Waals surface area contributed by atoms with Gasteiger partial charge in [0, 0.05) is 29.1 Å². The van der Waals surface area contributed by atoms with Crippen LogP contribution in [-0.2, 0) is 9.47 Å². The van der Waals surface area contributed by atoms with Crippen LogP contribution in [-0.4, -0.2) is 54.4 Å². The Balaban J connectivity index is 3.51. The van der Waals surface area contributed by atoms with Crippen molar-refractivity contribution in [3.63, 3.8) is 0 Å². The number of hydrogen-bond donors (Lipinski definition) is 3. The van der Waals surface area contributed by atoms with E-state index in [-0.39, 0.29) is 16.6 Å². The molecular formula is C16H32N2O3S3. The standard InChI is InChI=1S/C16H32N2O3S3/c1-13(2)18-11-16(4,5)24-23-12-20-9-10-21-15(19)17-8-6-7-14(3)22/h6-7,13-14,18,22H,8-12H2,1-5H3,(H,17,19)/b7-6+. The van der Waals surface area contributed by atoms with Crippen molar-refractivity contribution in [1.82, 2.24) is 10.6 Å². The molecule has 0 rings (SSSR count). The van der Waals surface area contributed by atoms with Crippen LogP contribution in [0, 0.1) is 0 Å². The first-order valence-corrected chi connectivity index (χ1v) is 10.9. The van der Waals surface area contributed by atoms with Crippen molar-refractivity contribution in [3.05, 3.63) is 12.2 Å². The zero-order chi connectivity index (χ0) is 18.4. The lowest BCUT2D eigenvalue weighted by molar-refractivity contribution is 0.0940. The lowest BCUT2D eigenvalue weighted by Crippen LogP contribution is -2.35. The molecule has 0 aliphatic carbocycles. The summed E-state index contributed by atoms with van der Waals surface area (Å²) in [5, 5.41) is 6.25. The van der Waals surface area contributed by atoms with Gasteiger partial charge in [-0.3, -0.25) is 0 Å². The summed E-state index contributed by atoms with van der Waals surface area (Å²) in [5.41, 5.74) is 0. The molecule has 8 heteroatoms. The van der Waals surface area contributed by atoms with E-state index < -0.39 is 6.09 Å². The number of hydrogen-bond acceptors (Lipinski definition) is 7. The highest BCUT2D eigenvalue weighted by molar-refractivity contribution is 8.77. The molecule has 24 heavy (non-hydrogen) atoms. The molecule has 5 nitrogen and oxygen atoms in total. The molecule has 1 amide bonds. The summed E-state index contributed by atoms with van der Waals surface area (Å²) in [6, 6.07) is 0.492. The van der Waals surface area contributed by atoms with E-state index in [9.17, 15) is 4.79 Å². The van der Waals surface area contributed by atoms with Crippen molar-refractivity contribution in [1.29, 1.82) is 0 Å². The first kappa shape index (κ1) is 24.0. The van der Waals surface area contributed by atoms with Crippen LogP contribution in [0.1, 0.15) is 34.6 Å². The van der Waals surface area contributed by atoms with Gasteiger partial charge in [-0.15, -0.1) is 0 Å². The van der Waals surface area contributed by atoms with Gasteiger partial charge in [0.2, 0.25) is 0 Å². The molecule has 1 unspecified atom stereocenters. The van der Waals surface area contributed by atoms with E-state index in [2.05, 4.69) is 51.0 Å². The van der Waals surface area contributed by atoms with Crippen molar-refractivity contribution in [2.45, 2.75) is 50.7 Å². The smallest absolute Gasteiger partial charge is 0.407 e. The maximum Gasteiger partial charge on any atom is 0.407 e. The minimum absolute atomic E-state index is 0.146. The number of amides is 1. The normalized spacial score (nSPS) is 13.5. The van der Waals surface area contributed by atoms with Gasteiger partial charge in [0.25, 0.3) is 0 Å². The van der Waals surface area contributed by atoms with E-state index in [0.717, 1.165) is 6.54 Å². The van der Waals surface area contributed by atoms with E-state index in [1.54, 1.807) is 21.6 Å². The molecule has 0 radical (unpaired) electrons. The number of nitrogens with one attached hydrogen (secondary N) is 2. The first-order valence-electron chi connectivity index (χ1n) is 8.10. The molecule has 0 aliphatic rings. The summed E-state index contributed by atoms with van der Waals surface area (Å²) in [6.45, 7) is 12.7. The molecule has 0 saturated carbocycles. The van der Waals surface area contributed by atoms with Crippen LogP contribution >= 0.6 is 34.2 Å². The maximum atomic E-state index is 11.4. The van der Waals surface area contributed by atoms with Crippen molar-refractivity contribution in [2.75, 3.05) is 32.2 Å². The van der Waals surface area contributed by atoms with E-state index in [1.807, 2.05) is 19.1 Å². The number of ether oxygens (including phenoxy) is 2. The molecule has 1 atom stereocenters. The molecule has 0 aromatic heterocycles. The highest BCUT2D eigenvalue weighted by Gasteiger charge is 2.18. The van der Waals surface area contributed by atoms with Crippen molar-refractivity contribution in [3.8, 4) is 0 Å². The Morgan fingerprint density at radius 2 is 2.00 bits per heavy atom. The average molecular weight is 397 g/mol. The Labute approximate surface area is 160 Å². The van der Waals surface area contributed by atoms with Gasteiger partial charge in [0.15, 0.2) is 0 Å². The predicted molar refractivity (Wildman–Crippen MR) is 110 cm³/mol. The van der Waals surface area contributed by atoms with Crippen LogP contribution in [0.2, 0.25) is 0 Å². The molecule has 0 aromatic carbocycles. The second-order valence-corrected chi connectivity index (χ2v) is 9.97. The minimum atomic E-state index is -0.432. The third-order valence-corrected chi connectivity index (χ3v) is 5.74. The van der Waals surface area contributed by atoms with E-state index in [1.165, 1.54) is 0 Å². The van der Waals surface area contributed by atoms with Gasteiger partial charge >= 0.3 is 6.09 Å². The lowest BCUT2D eigenvalue weighted by atomic mass is 10.2. The summed E-state index contributed by atoms with van der Waals surface area (Å²) >= 11 is 4.20. The summed E-state index contributed by atoms with van der Waals surface area (Å²) in [6.07, 6.45) is 3.32. The minimum Gasteiger partial charge on any atom is -0.447 e. The van der Waals surface area contributed by atoms with Crippen molar-refractivity contribution >= 4 is 40.3 Å². The highest BCUT2D eigenvalue weighted by Crippen LogP contribution is 2.35. The average Bonchev–Trinajstić information content (AvgIpc) is 2.48. The molecule has 142 valence electrons. The van der Waals surface area contributed by atoms with E-state index >= 15 is 0 Å². The molecule has 2 N–H and O–H groups in total. The fraction of sp³-hybridized carbons (Fsp3) is 0.812. The SMILES string of the molecule is CC(S)/C=C/CNC(=O)OCCOCSSC(C)(C)CNC(C)C. The number of carbonyl (C=O) groups excluding carboxylic acids is 1. The van der Waals surface area contributed by atoms with Gasteiger partial charge in [-0.2, -0.15) is 12.6 Å². The van der Waals surface area contributed by atoms with Gasteiger partial charge in [0.05, 0.1) is 6.61 Å². The van der Waals surface area contributed by atoms with Crippen LogP contribution in [0.4, 0.5) is 4.79 Å². The summed E-state index contributed by atoms with van der Waals surface area (Å²) in [4.78, 5) is 11.4. The van der Waals surface area contributed by atoms with E-state index in [0.29, 0.717) is 25.1 Å². The third-order valence-electron chi connectivity index (χ3n) is 2.59. The number of alkyl carbamates (subject to hydrolysis) is 1. The van der Waals surface area contributed by atoms with Gasteiger partial charge in [-0.05, 0) is 13.8 Å². The van der Waals surface area contributed by atoms with Gasteiger partial charge in [0.1, 0.15) is 12.5 Å². The third kappa shape index (κ3) is 16.8. The maximum absolute atomic E-state index is 11.4. The largest absolute Gasteiger partial charge is 0.447 e. The Kier molecular flexibility index (Phi) is 14.2. The first-order chi connectivity index (χ1) is 11.2. The van der Waals surface area contributed by atoms with Crippen LogP contribution in [0.3, 0.4) is 0 Å².